The van der Waals surface area contributed by atoms with Gasteiger partial charge in [-0.1, -0.05) is 13.8 Å². The summed E-state index contributed by atoms with van der Waals surface area (Å²) in [5.74, 6) is -1.75. The quantitative estimate of drug-likeness (QED) is 0.782. The molecule has 3 fully saturated rings. The molecule has 0 bridgehead atoms. The summed E-state index contributed by atoms with van der Waals surface area (Å²) < 4.78 is 0. The minimum atomic E-state index is -0.886. The molecule has 2 heterocycles. The molecule has 2 aliphatic heterocycles. The Hall–Kier alpha value is -1.59. The maximum Gasteiger partial charge on any atom is 0.307 e. The van der Waals surface area contributed by atoms with Crippen LogP contribution in [0.1, 0.15) is 26.7 Å². The van der Waals surface area contributed by atoms with Crippen molar-refractivity contribution in [3.8, 4) is 0 Å². The molecule has 2 saturated heterocycles. The first-order valence-corrected chi connectivity index (χ1v) is 7.15. The van der Waals surface area contributed by atoms with E-state index in [1.165, 1.54) is 0 Å². The van der Waals surface area contributed by atoms with Crippen molar-refractivity contribution in [2.75, 3.05) is 19.6 Å². The van der Waals surface area contributed by atoms with E-state index in [0.717, 1.165) is 6.42 Å². The number of carbonyl (C=O) groups is 3. The van der Waals surface area contributed by atoms with Gasteiger partial charge in [0.15, 0.2) is 0 Å². The van der Waals surface area contributed by atoms with Crippen LogP contribution in [0.4, 0.5) is 0 Å². The summed E-state index contributed by atoms with van der Waals surface area (Å²) in [6.07, 6.45) is 1.37. The number of hydrogen-bond acceptors (Lipinski definition) is 3. The summed E-state index contributed by atoms with van der Waals surface area (Å²) in [5, 5.41) is 9.17. The van der Waals surface area contributed by atoms with Crippen LogP contribution in [0.5, 0.6) is 0 Å². The van der Waals surface area contributed by atoms with Gasteiger partial charge in [-0.3, -0.25) is 14.4 Å². The molecule has 0 spiro atoms. The number of carboxylic acid groups (broad SMARTS) is 1. The highest BCUT2D eigenvalue weighted by Gasteiger charge is 2.66. The van der Waals surface area contributed by atoms with Crippen LogP contribution in [0.15, 0.2) is 0 Å². The third-order valence-electron chi connectivity index (χ3n) is 5.17. The second-order valence-electron chi connectivity index (χ2n) is 6.68. The molecule has 3 atom stereocenters. The Kier molecular flexibility index (Phi) is 2.81. The fourth-order valence-electron chi connectivity index (χ4n) is 3.82. The van der Waals surface area contributed by atoms with Crippen LogP contribution in [0, 0.1) is 17.3 Å². The van der Waals surface area contributed by atoms with Gasteiger partial charge >= 0.3 is 5.97 Å². The standard InChI is InChI=1S/C14H20N2O4/c1-14(2)10(11(14)13(19)20)12(18)15-5-6-16-8(7-15)3-4-9(16)17/h8,10-11H,3-7H2,1-2H3,(H,19,20)/t8?,10-,11+/m1/s1. The summed E-state index contributed by atoms with van der Waals surface area (Å²) in [5.41, 5.74) is -0.453. The number of carbonyl (C=O) groups excluding carboxylic acids is 2. The summed E-state index contributed by atoms with van der Waals surface area (Å²) in [6, 6.07) is 0.130. The number of aliphatic carboxylic acids is 1. The van der Waals surface area contributed by atoms with Gasteiger partial charge in [0.2, 0.25) is 11.8 Å². The van der Waals surface area contributed by atoms with Crippen molar-refractivity contribution in [2.45, 2.75) is 32.7 Å². The Morgan fingerprint density at radius 1 is 1.25 bits per heavy atom. The first-order valence-electron chi connectivity index (χ1n) is 7.15. The molecule has 6 nitrogen and oxygen atoms in total. The van der Waals surface area contributed by atoms with Crippen LogP contribution in [0.25, 0.3) is 0 Å². The minimum Gasteiger partial charge on any atom is -0.481 e. The van der Waals surface area contributed by atoms with E-state index in [0.29, 0.717) is 26.1 Å². The van der Waals surface area contributed by atoms with Gasteiger partial charge in [0.25, 0.3) is 0 Å². The second-order valence-corrected chi connectivity index (χ2v) is 6.68. The van der Waals surface area contributed by atoms with E-state index in [4.69, 9.17) is 5.11 Å². The topological polar surface area (TPSA) is 77.9 Å². The summed E-state index contributed by atoms with van der Waals surface area (Å²) >= 11 is 0. The van der Waals surface area contributed by atoms with Crippen molar-refractivity contribution >= 4 is 17.8 Å². The van der Waals surface area contributed by atoms with E-state index in [1.807, 2.05) is 18.7 Å². The number of fused-ring (bicyclic) bond motifs is 1. The Labute approximate surface area is 117 Å². The average Bonchev–Trinajstić information content (AvgIpc) is 2.78. The number of carboxylic acids is 1. The lowest BCUT2D eigenvalue weighted by atomic mass is 10.1. The SMILES string of the molecule is CC1(C)[C@H](C(=O)O)[C@@H]1C(=O)N1CCN2C(=O)CCC2C1. The molecule has 20 heavy (non-hydrogen) atoms. The lowest BCUT2D eigenvalue weighted by Gasteiger charge is -2.37. The number of piperazine rings is 1. The predicted octanol–water partition coefficient (Wildman–Crippen LogP) is 0.176. The third kappa shape index (κ3) is 1.81. The van der Waals surface area contributed by atoms with E-state index in [9.17, 15) is 14.4 Å². The van der Waals surface area contributed by atoms with Gasteiger partial charge in [-0.15, -0.1) is 0 Å². The van der Waals surface area contributed by atoms with E-state index in [-0.39, 0.29) is 17.9 Å². The molecule has 6 heteroatoms. The van der Waals surface area contributed by atoms with Crippen molar-refractivity contribution in [2.24, 2.45) is 17.3 Å². The Morgan fingerprint density at radius 3 is 2.55 bits per heavy atom. The van der Waals surface area contributed by atoms with Gasteiger partial charge < -0.3 is 14.9 Å². The highest BCUT2D eigenvalue weighted by atomic mass is 16.4. The second kappa shape index (κ2) is 4.20. The lowest BCUT2D eigenvalue weighted by Crippen LogP contribution is -2.53. The molecule has 0 aromatic carbocycles. The maximum absolute atomic E-state index is 12.5. The Morgan fingerprint density at radius 2 is 1.95 bits per heavy atom. The maximum atomic E-state index is 12.5. The molecule has 0 aromatic heterocycles. The van der Waals surface area contributed by atoms with Crippen molar-refractivity contribution in [1.29, 1.82) is 0 Å². The van der Waals surface area contributed by atoms with Crippen LogP contribution in [-0.4, -0.2) is 58.4 Å². The van der Waals surface area contributed by atoms with E-state index >= 15 is 0 Å². The molecule has 1 unspecified atom stereocenters. The number of hydrogen-bond donors (Lipinski definition) is 1. The zero-order chi connectivity index (χ0) is 14.7. The first kappa shape index (κ1) is 13.4. The van der Waals surface area contributed by atoms with E-state index in [1.54, 1.807) is 4.90 Å². The smallest absolute Gasteiger partial charge is 0.307 e. The van der Waals surface area contributed by atoms with Crippen LogP contribution < -0.4 is 0 Å². The zero-order valence-electron chi connectivity index (χ0n) is 11.8. The molecule has 1 N–H and O–H groups in total. The highest BCUT2D eigenvalue weighted by Crippen LogP contribution is 2.59. The predicted molar refractivity (Wildman–Crippen MR) is 69.7 cm³/mol. The molecule has 0 aromatic rings. The highest BCUT2D eigenvalue weighted by molar-refractivity contribution is 5.92. The minimum absolute atomic E-state index is 0.0543. The Bertz CT molecular complexity index is 488. The fraction of sp³-hybridized carbons (Fsp3) is 0.786. The van der Waals surface area contributed by atoms with Crippen molar-refractivity contribution in [3.05, 3.63) is 0 Å². The van der Waals surface area contributed by atoms with Crippen LogP contribution in [-0.2, 0) is 14.4 Å². The number of rotatable bonds is 2. The molecule has 2 amide bonds. The average molecular weight is 280 g/mol. The van der Waals surface area contributed by atoms with Crippen LogP contribution in [0.3, 0.4) is 0 Å². The molecule has 1 aliphatic carbocycles. The van der Waals surface area contributed by atoms with Gasteiger partial charge in [-0.05, 0) is 11.8 Å². The zero-order valence-corrected chi connectivity index (χ0v) is 11.8. The van der Waals surface area contributed by atoms with Gasteiger partial charge in [0, 0.05) is 32.1 Å². The lowest BCUT2D eigenvalue weighted by molar-refractivity contribution is -0.143. The molecule has 110 valence electrons. The van der Waals surface area contributed by atoms with Gasteiger partial charge in [-0.2, -0.15) is 0 Å². The van der Waals surface area contributed by atoms with Gasteiger partial charge in [-0.25, -0.2) is 0 Å². The van der Waals surface area contributed by atoms with E-state index < -0.39 is 23.2 Å². The molecular formula is C14H20N2O4. The molecule has 3 rings (SSSR count). The normalized spacial score (nSPS) is 34.9. The van der Waals surface area contributed by atoms with Crippen LogP contribution >= 0.6 is 0 Å². The summed E-state index contributed by atoms with van der Waals surface area (Å²) in [4.78, 5) is 38.9. The number of nitrogens with zero attached hydrogens (tertiary/aromatic N) is 2. The molecular weight excluding hydrogens is 260 g/mol. The number of amides is 2. The van der Waals surface area contributed by atoms with Gasteiger partial charge in [0.05, 0.1) is 11.8 Å². The fourth-order valence-corrected chi connectivity index (χ4v) is 3.82. The van der Waals surface area contributed by atoms with Crippen molar-refractivity contribution < 1.29 is 19.5 Å². The first-order chi connectivity index (χ1) is 9.34. The molecule has 1 saturated carbocycles. The van der Waals surface area contributed by atoms with Gasteiger partial charge in [0.1, 0.15) is 0 Å². The third-order valence-corrected chi connectivity index (χ3v) is 5.17. The van der Waals surface area contributed by atoms with Crippen molar-refractivity contribution in [3.63, 3.8) is 0 Å². The van der Waals surface area contributed by atoms with E-state index in [2.05, 4.69) is 0 Å². The molecule has 3 aliphatic rings. The molecule has 0 radical (unpaired) electrons. The Balaban J connectivity index is 1.68. The summed E-state index contributed by atoms with van der Waals surface area (Å²) in [6.45, 7) is 5.34. The summed E-state index contributed by atoms with van der Waals surface area (Å²) in [7, 11) is 0. The largest absolute Gasteiger partial charge is 0.481 e. The van der Waals surface area contributed by atoms with Crippen molar-refractivity contribution in [1.82, 2.24) is 9.80 Å². The monoisotopic (exact) mass is 280 g/mol. The van der Waals surface area contributed by atoms with Crippen LogP contribution in [0.2, 0.25) is 0 Å².